The number of benzene rings is 1. The van der Waals surface area contributed by atoms with Crippen molar-refractivity contribution < 1.29 is 4.39 Å². The second kappa shape index (κ2) is 3.42. The molecule has 1 aromatic carbocycles. The molecule has 2 N–H and O–H groups in total. The normalized spacial score (nSPS) is 15.6. The number of rotatable bonds is 1. The molecule has 82 valence electrons. The first-order chi connectivity index (χ1) is 7.66. The van der Waals surface area contributed by atoms with Crippen molar-refractivity contribution in [2.75, 3.05) is 5.73 Å². The number of hydrogen-bond donors (Lipinski definition) is 1. The molecule has 1 heterocycles. The predicted octanol–water partition coefficient (Wildman–Crippen LogP) is 3.60. The second-order valence-corrected chi connectivity index (χ2v) is 5.02. The molecule has 0 bridgehead atoms. The van der Waals surface area contributed by atoms with E-state index in [4.69, 9.17) is 5.73 Å². The van der Waals surface area contributed by atoms with Gasteiger partial charge in [-0.2, -0.15) is 0 Å². The summed E-state index contributed by atoms with van der Waals surface area (Å²) in [6.07, 6.45) is 2.32. The molecule has 0 unspecified atom stereocenters. The summed E-state index contributed by atoms with van der Waals surface area (Å²) in [5.74, 6) is 0.201. The van der Waals surface area contributed by atoms with Crippen molar-refractivity contribution in [2.24, 2.45) is 0 Å². The van der Waals surface area contributed by atoms with Crippen LogP contribution >= 0.6 is 15.9 Å². The number of hydrogen-bond acceptors (Lipinski definition) is 2. The van der Waals surface area contributed by atoms with Crippen LogP contribution in [-0.4, -0.2) is 4.98 Å². The van der Waals surface area contributed by atoms with Crippen LogP contribution in [-0.2, 0) is 0 Å². The molecule has 1 saturated carbocycles. The molecule has 2 aromatic rings. The molecule has 16 heavy (non-hydrogen) atoms. The quantitative estimate of drug-likeness (QED) is 0.867. The van der Waals surface area contributed by atoms with Crippen molar-refractivity contribution in [3.8, 4) is 0 Å². The molecule has 0 amide bonds. The number of nitrogens with zero attached hydrogens (tertiary/aromatic N) is 1. The fourth-order valence-corrected chi connectivity index (χ4v) is 2.33. The molecular formula is C12H10BrFN2. The van der Waals surface area contributed by atoms with E-state index in [0.29, 0.717) is 22.5 Å². The molecule has 0 saturated heterocycles. The van der Waals surface area contributed by atoms with Gasteiger partial charge in [-0.05, 0) is 47.0 Å². The predicted molar refractivity (Wildman–Crippen MR) is 65.8 cm³/mol. The monoisotopic (exact) mass is 280 g/mol. The van der Waals surface area contributed by atoms with E-state index in [1.807, 2.05) is 0 Å². The summed E-state index contributed by atoms with van der Waals surface area (Å²) in [5.41, 5.74) is 7.98. The van der Waals surface area contributed by atoms with E-state index in [2.05, 4.69) is 20.9 Å². The molecule has 1 aliphatic carbocycles. The SMILES string of the molecule is Nc1cc(C2CC2)nc2c(Br)ccc(F)c12. The Kier molecular flexibility index (Phi) is 2.14. The van der Waals surface area contributed by atoms with Crippen LogP contribution in [0.5, 0.6) is 0 Å². The van der Waals surface area contributed by atoms with Crippen molar-refractivity contribution in [1.29, 1.82) is 0 Å². The van der Waals surface area contributed by atoms with E-state index in [0.717, 1.165) is 23.0 Å². The highest BCUT2D eigenvalue weighted by Gasteiger charge is 2.26. The van der Waals surface area contributed by atoms with Crippen molar-refractivity contribution in [1.82, 2.24) is 4.98 Å². The van der Waals surface area contributed by atoms with Crippen LogP contribution in [0.4, 0.5) is 10.1 Å². The van der Waals surface area contributed by atoms with Gasteiger partial charge in [0.25, 0.3) is 0 Å². The number of halogens is 2. The average molecular weight is 281 g/mol. The lowest BCUT2D eigenvalue weighted by molar-refractivity contribution is 0.639. The van der Waals surface area contributed by atoms with Gasteiger partial charge in [-0.15, -0.1) is 0 Å². The highest BCUT2D eigenvalue weighted by atomic mass is 79.9. The smallest absolute Gasteiger partial charge is 0.134 e. The fraction of sp³-hybridized carbons (Fsp3) is 0.250. The minimum atomic E-state index is -0.314. The summed E-state index contributed by atoms with van der Waals surface area (Å²) in [6.45, 7) is 0. The molecule has 1 fully saturated rings. The molecule has 3 rings (SSSR count). The Morgan fingerprint density at radius 3 is 2.81 bits per heavy atom. The third-order valence-electron chi connectivity index (χ3n) is 2.91. The van der Waals surface area contributed by atoms with Crippen molar-refractivity contribution >= 4 is 32.5 Å². The van der Waals surface area contributed by atoms with E-state index in [1.165, 1.54) is 6.07 Å². The van der Waals surface area contributed by atoms with E-state index in [9.17, 15) is 4.39 Å². The van der Waals surface area contributed by atoms with Crippen LogP contribution in [0.15, 0.2) is 22.7 Å². The lowest BCUT2D eigenvalue weighted by Crippen LogP contribution is -1.97. The zero-order valence-corrected chi connectivity index (χ0v) is 10.1. The molecular weight excluding hydrogens is 271 g/mol. The Morgan fingerprint density at radius 1 is 1.38 bits per heavy atom. The third kappa shape index (κ3) is 1.48. The average Bonchev–Trinajstić information content (AvgIpc) is 3.06. The van der Waals surface area contributed by atoms with Gasteiger partial charge in [0.1, 0.15) is 5.82 Å². The lowest BCUT2D eigenvalue weighted by atomic mass is 10.1. The molecule has 0 atom stereocenters. The van der Waals surface area contributed by atoms with Gasteiger partial charge < -0.3 is 5.73 Å². The number of fused-ring (bicyclic) bond motifs is 1. The van der Waals surface area contributed by atoms with E-state index in [-0.39, 0.29) is 5.82 Å². The van der Waals surface area contributed by atoms with Gasteiger partial charge in [-0.1, -0.05) is 0 Å². The minimum Gasteiger partial charge on any atom is -0.398 e. The number of nitrogen functional groups attached to an aromatic ring is 1. The summed E-state index contributed by atoms with van der Waals surface area (Å²) in [4.78, 5) is 4.49. The van der Waals surface area contributed by atoms with Crippen molar-refractivity contribution in [3.05, 3.63) is 34.2 Å². The van der Waals surface area contributed by atoms with Crippen LogP contribution < -0.4 is 5.73 Å². The zero-order chi connectivity index (χ0) is 11.3. The molecule has 4 heteroatoms. The summed E-state index contributed by atoms with van der Waals surface area (Å²) >= 11 is 3.38. The van der Waals surface area contributed by atoms with Gasteiger partial charge >= 0.3 is 0 Å². The van der Waals surface area contributed by atoms with Crippen LogP contribution in [0.1, 0.15) is 24.5 Å². The second-order valence-electron chi connectivity index (χ2n) is 4.16. The first kappa shape index (κ1) is 10.0. The maximum absolute atomic E-state index is 13.6. The maximum Gasteiger partial charge on any atom is 0.134 e. The Morgan fingerprint density at radius 2 is 2.12 bits per heavy atom. The summed E-state index contributed by atoms with van der Waals surface area (Å²) in [5, 5.41) is 0.416. The maximum atomic E-state index is 13.6. The summed E-state index contributed by atoms with van der Waals surface area (Å²) in [6, 6.07) is 4.87. The number of pyridine rings is 1. The van der Waals surface area contributed by atoms with Gasteiger partial charge in [0, 0.05) is 21.8 Å². The molecule has 1 aliphatic rings. The van der Waals surface area contributed by atoms with Crippen LogP contribution in [0.2, 0.25) is 0 Å². The number of nitrogens with two attached hydrogens (primary N) is 1. The van der Waals surface area contributed by atoms with Crippen LogP contribution in [0.3, 0.4) is 0 Å². The molecule has 1 aromatic heterocycles. The van der Waals surface area contributed by atoms with E-state index >= 15 is 0 Å². The Bertz CT molecular complexity index is 579. The Hall–Kier alpha value is -1.16. The van der Waals surface area contributed by atoms with Crippen molar-refractivity contribution in [3.63, 3.8) is 0 Å². The van der Waals surface area contributed by atoms with Crippen LogP contribution in [0, 0.1) is 5.82 Å². The molecule has 0 aliphatic heterocycles. The first-order valence-electron chi connectivity index (χ1n) is 5.21. The third-order valence-corrected chi connectivity index (χ3v) is 3.55. The summed E-state index contributed by atoms with van der Waals surface area (Å²) < 4.78 is 14.4. The van der Waals surface area contributed by atoms with Gasteiger partial charge in [-0.25, -0.2) is 4.39 Å². The number of anilines is 1. The van der Waals surface area contributed by atoms with Gasteiger partial charge in [-0.3, -0.25) is 4.98 Å². The lowest BCUT2D eigenvalue weighted by Gasteiger charge is -2.07. The van der Waals surface area contributed by atoms with Gasteiger partial charge in [0.2, 0.25) is 0 Å². The standard InChI is InChI=1S/C12H10BrFN2/c13-7-3-4-8(14)11-9(15)5-10(6-1-2-6)16-12(7)11/h3-6H,1-2H2,(H2,15,16). The van der Waals surface area contributed by atoms with E-state index < -0.39 is 0 Å². The highest BCUT2D eigenvalue weighted by molar-refractivity contribution is 9.10. The fourth-order valence-electron chi connectivity index (χ4n) is 1.91. The Balaban J connectivity index is 2.36. The number of aromatic nitrogens is 1. The first-order valence-corrected chi connectivity index (χ1v) is 6.00. The zero-order valence-electron chi connectivity index (χ0n) is 8.50. The molecule has 0 radical (unpaired) electrons. The largest absolute Gasteiger partial charge is 0.398 e. The van der Waals surface area contributed by atoms with Crippen molar-refractivity contribution in [2.45, 2.75) is 18.8 Å². The summed E-state index contributed by atoms with van der Waals surface area (Å²) in [7, 11) is 0. The Labute approximate surface area is 101 Å². The highest BCUT2D eigenvalue weighted by Crippen LogP contribution is 2.41. The molecule has 0 spiro atoms. The van der Waals surface area contributed by atoms with Crippen LogP contribution in [0.25, 0.3) is 10.9 Å². The van der Waals surface area contributed by atoms with Gasteiger partial charge in [0.05, 0.1) is 10.9 Å². The van der Waals surface area contributed by atoms with Gasteiger partial charge in [0.15, 0.2) is 0 Å². The minimum absolute atomic E-state index is 0.314. The topological polar surface area (TPSA) is 38.9 Å². The van der Waals surface area contributed by atoms with E-state index in [1.54, 1.807) is 12.1 Å². The molecule has 2 nitrogen and oxygen atoms in total.